The van der Waals surface area contributed by atoms with E-state index in [9.17, 15) is 4.79 Å². The highest BCUT2D eigenvalue weighted by Crippen LogP contribution is 2.29. The summed E-state index contributed by atoms with van der Waals surface area (Å²) in [6.45, 7) is 12.3. The van der Waals surface area contributed by atoms with Crippen molar-refractivity contribution in [2.75, 3.05) is 0 Å². The van der Waals surface area contributed by atoms with Gasteiger partial charge in [-0.1, -0.05) is 58.9 Å². The lowest BCUT2D eigenvalue weighted by Gasteiger charge is -2.28. The number of hydrogen-bond donors (Lipinski definition) is 0. The van der Waals surface area contributed by atoms with E-state index in [-0.39, 0.29) is 23.4 Å². The zero-order valence-corrected chi connectivity index (χ0v) is 17.4. The Labute approximate surface area is 163 Å². The summed E-state index contributed by atoms with van der Waals surface area (Å²) in [5, 5.41) is 0. The molecule has 0 unspecified atom stereocenters. The molecule has 3 heteroatoms. The summed E-state index contributed by atoms with van der Waals surface area (Å²) in [5.74, 6) is 1.40. The van der Waals surface area contributed by atoms with Gasteiger partial charge in [0.25, 0.3) is 0 Å². The first-order valence-electron chi connectivity index (χ1n) is 9.88. The summed E-state index contributed by atoms with van der Waals surface area (Å²) in [6, 6.07) is 16.1. The molecule has 1 atom stereocenters. The predicted octanol–water partition coefficient (Wildman–Crippen LogP) is 6.36. The third kappa shape index (κ3) is 5.59. The summed E-state index contributed by atoms with van der Waals surface area (Å²) in [4.78, 5) is 11.7. The molecule has 0 aliphatic rings. The summed E-state index contributed by atoms with van der Waals surface area (Å²) >= 11 is 0. The first-order chi connectivity index (χ1) is 12.8. The summed E-state index contributed by atoms with van der Waals surface area (Å²) < 4.78 is 11.5. The van der Waals surface area contributed by atoms with Crippen molar-refractivity contribution in [3.63, 3.8) is 0 Å². The third-order valence-corrected chi connectivity index (χ3v) is 5.31. The maximum absolute atomic E-state index is 11.7. The van der Waals surface area contributed by atoms with Gasteiger partial charge in [-0.15, -0.1) is 0 Å². The Morgan fingerprint density at radius 3 is 1.70 bits per heavy atom. The zero-order valence-electron chi connectivity index (χ0n) is 17.4. The molecule has 0 aromatic heterocycles. The Kier molecular flexibility index (Phi) is 7.06. The molecule has 0 spiro atoms. The molecule has 146 valence electrons. The van der Waals surface area contributed by atoms with Crippen LogP contribution in [0.4, 0.5) is 0 Å². The lowest BCUT2D eigenvalue weighted by Crippen LogP contribution is -2.30. The highest BCUT2D eigenvalue weighted by molar-refractivity contribution is 5.74. The van der Waals surface area contributed by atoms with Crippen molar-refractivity contribution in [1.29, 1.82) is 0 Å². The fraction of sp³-hybridized carbons (Fsp3) is 0.458. The Morgan fingerprint density at radius 2 is 1.30 bits per heavy atom. The molecule has 3 nitrogen and oxygen atoms in total. The van der Waals surface area contributed by atoms with Gasteiger partial charge in [-0.05, 0) is 55.2 Å². The van der Waals surface area contributed by atoms with Crippen LogP contribution in [-0.4, -0.2) is 11.6 Å². The summed E-state index contributed by atoms with van der Waals surface area (Å²) in [7, 11) is 0. The van der Waals surface area contributed by atoms with E-state index in [0.717, 1.165) is 18.6 Å². The SMILES string of the molecule is CCC(C)(CC)Oc1ccc([C@@H](C)c2ccc(OC(=O)C(C)C)cc2)cc1. The molecule has 0 saturated carbocycles. The van der Waals surface area contributed by atoms with Gasteiger partial charge in [0.2, 0.25) is 0 Å². The molecule has 0 bridgehead atoms. The van der Waals surface area contributed by atoms with Crippen LogP contribution in [0.5, 0.6) is 11.5 Å². The van der Waals surface area contributed by atoms with Gasteiger partial charge in [-0.25, -0.2) is 0 Å². The maximum atomic E-state index is 11.7. The summed E-state index contributed by atoms with van der Waals surface area (Å²) in [5.41, 5.74) is 2.29. The summed E-state index contributed by atoms with van der Waals surface area (Å²) in [6.07, 6.45) is 1.96. The second-order valence-electron chi connectivity index (χ2n) is 7.69. The molecular weight excluding hydrogens is 336 g/mol. The van der Waals surface area contributed by atoms with Crippen molar-refractivity contribution >= 4 is 5.97 Å². The van der Waals surface area contributed by atoms with E-state index < -0.39 is 0 Å². The quantitative estimate of drug-likeness (QED) is 0.402. The van der Waals surface area contributed by atoms with E-state index in [0.29, 0.717) is 5.75 Å². The largest absolute Gasteiger partial charge is 0.488 e. The molecule has 27 heavy (non-hydrogen) atoms. The number of hydrogen-bond acceptors (Lipinski definition) is 3. The number of rotatable bonds is 8. The van der Waals surface area contributed by atoms with Crippen molar-refractivity contribution in [3.05, 3.63) is 59.7 Å². The van der Waals surface area contributed by atoms with Crippen LogP contribution in [0, 0.1) is 5.92 Å². The van der Waals surface area contributed by atoms with Gasteiger partial charge in [0.1, 0.15) is 17.1 Å². The van der Waals surface area contributed by atoms with Crippen LogP contribution in [0.25, 0.3) is 0 Å². The zero-order chi connectivity index (χ0) is 20.0. The van der Waals surface area contributed by atoms with Crippen LogP contribution in [0.15, 0.2) is 48.5 Å². The van der Waals surface area contributed by atoms with Gasteiger partial charge in [-0.2, -0.15) is 0 Å². The Bertz CT molecular complexity index is 725. The molecule has 0 fully saturated rings. The topological polar surface area (TPSA) is 35.5 Å². The number of carbonyl (C=O) groups excluding carboxylic acids is 1. The number of carbonyl (C=O) groups is 1. The molecule has 0 saturated heterocycles. The second-order valence-corrected chi connectivity index (χ2v) is 7.69. The van der Waals surface area contributed by atoms with Crippen molar-refractivity contribution in [1.82, 2.24) is 0 Å². The van der Waals surface area contributed by atoms with E-state index in [1.54, 1.807) is 0 Å². The lowest BCUT2D eigenvalue weighted by atomic mass is 9.93. The van der Waals surface area contributed by atoms with Crippen LogP contribution in [-0.2, 0) is 4.79 Å². The van der Waals surface area contributed by atoms with Crippen molar-refractivity contribution in [2.45, 2.75) is 65.9 Å². The lowest BCUT2D eigenvalue weighted by molar-refractivity contribution is -0.137. The molecule has 0 amide bonds. The average molecular weight is 369 g/mol. The fourth-order valence-electron chi connectivity index (χ4n) is 2.75. The van der Waals surface area contributed by atoms with Crippen molar-refractivity contribution < 1.29 is 14.3 Å². The molecule has 2 aromatic rings. The minimum Gasteiger partial charge on any atom is -0.488 e. The molecular formula is C24H32O3. The maximum Gasteiger partial charge on any atom is 0.313 e. The number of benzene rings is 2. The number of esters is 1. The molecule has 0 aliphatic heterocycles. The van der Waals surface area contributed by atoms with Gasteiger partial charge < -0.3 is 9.47 Å². The predicted molar refractivity (Wildman–Crippen MR) is 110 cm³/mol. The van der Waals surface area contributed by atoms with Gasteiger partial charge in [0, 0.05) is 5.92 Å². The van der Waals surface area contributed by atoms with Crippen LogP contribution >= 0.6 is 0 Å². The van der Waals surface area contributed by atoms with Gasteiger partial charge in [0.05, 0.1) is 5.92 Å². The minimum atomic E-state index is -0.211. The molecule has 0 N–H and O–H groups in total. The fourth-order valence-corrected chi connectivity index (χ4v) is 2.75. The molecule has 0 aliphatic carbocycles. The molecule has 2 rings (SSSR count). The van der Waals surface area contributed by atoms with Crippen LogP contribution in [0.2, 0.25) is 0 Å². The highest BCUT2D eigenvalue weighted by Gasteiger charge is 2.21. The van der Waals surface area contributed by atoms with Crippen molar-refractivity contribution in [3.8, 4) is 11.5 Å². The Balaban J connectivity index is 2.07. The van der Waals surface area contributed by atoms with E-state index in [1.807, 2.05) is 50.2 Å². The second kappa shape index (κ2) is 9.07. The first kappa shape index (κ1) is 21.0. The monoisotopic (exact) mass is 368 g/mol. The van der Waals surface area contributed by atoms with Crippen molar-refractivity contribution in [2.24, 2.45) is 5.92 Å². The van der Waals surface area contributed by atoms with E-state index in [1.165, 1.54) is 11.1 Å². The first-order valence-corrected chi connectivity index (χ1v) is 9.88. The van der Waals surface area contributed by atoms with E-state index >= 15 is 0 Å². The normalized spacial score (nSPS) is 12.7. The van der Waals surface area contributed by atoms with Gasteiger partial charge in [0.15, 0.2) is 0 Å². The highest BCUT2D eigenvalue weighted by atomic mass is 16.5. The van der Waals surface area contributed by atoms with Gasteiger partial charge in [-0.3, -0.25) is 4.79 Å². The van der Waals surface area contributed by atoms with Crippen LogP contribution in [0.1, 0.15) is 71.4 Å². The third-order valence-electron chi connectivity index (χ3n) is 5.31. The molecule has 0 radical (unpaired) electrons. The minimum absolute atomic E-state index is 0.115. The van der Waals surface area contributed by atoms with Crippen LogP contribution in [0.3, 0.4) is 0 Å². The smallest absolute Gasteiger partial charge is 0.313 e. The Morgan fingerprint density at radius 1 is 0.852 bits per heavy atom. The van der Waals surface area contributed by atoms with Gasteiger partial charge >= 0.3 is 5.97 Å². The van der Waals surface area contributed by atoms with E-state index in [2.05, 4.69) is 39.8 Å². The average Bonchev–Trinajstić information content (AvgIpc) is 2.68. The Hall–Kier alpha value is -2.29. The number of ether oxygens (including phenoxy) is 2. The van der Waals surface area contributed by atoms with Crippen LogP contribution < -0.4 is 9.47 Å². The standard InChI is InChI=1S/C24H32O3/c1-7-24(6,8-2)27-22-15-11-20(12-16-22)18(5)19-9-13-21(14-10-19)26-23(25)17(3)4/h9-18H,7-8H2,1-6H3/t18-/m0/s1. The van der Waals surface area contributed by atoms with E-state index in [4.69, 9.17) is 9.47 Å². The molecule has 0 heterocycles. The molecule has 2 aromatic carbocycles.